The molecule has 51 heavy (non-hydrogen) atoms. The highest BCUT2D eigenvalue weighted by Crippen LogP contribution is 2.26. The molecular formula is C36H41B3O12. The lowest BCUT2D eigenvalue weighted by atomic mass is 9.78. The fraction of sp³-hybridized carbons (Fsp3) is 0.417. The van der Waals surface area contributed by atoms with Crippen molar-refractivity contribution in [3.8, 4) is 0 Å². The van der Waals surface area contributed by atoms with Crippen LogP contribution >= 0.6 is 0 Å². The van der Waals surface area contributed by atoms with E-state index in [0.717, 1.165) is 35.7 Å². The van der Waals surface area contributed by atoms with Crippen molar-refractivity contribution in [1.29, 1.82) is 0 Å². The molecule has 3 aromatic carbocycles. The highest BCUT2D eigenvalue weighted by molar-refractivity contribution is 6.62. The molecule has 0 aromatic heterocycles. The van der Waals surface area contributed by atoms with Gasteiger partial charge in [0.25, 0.3) is 0 Å². The molecule has 12 nitrogen and oxygen atoms in total. The predicted molar refractivity (Wildman–Crippen MR) is 189 cm³/mol. The predicted octanol–water partition coefficient (Wildman–Crippen LogP) is 2.35. The molecule has 266 valence electrons. The van der Waals surface area contributed by atoms with E-state index in [1.807, 2.05) is 6.92 Å². The zero-order chi connectivity index (χ0) is 35.5. The van der Waals surface area contributed by atoms with Crippen LogP contribution in [0.25, 0.3) is 0 Å². The van der Waals surface area contributed by atoms with Gasteiger partial charge in [-0.2, -0.15) is 0 Å². The molecule has 0 spiro atoms. The summed E-state index contributed by atoms with van der Waals surface area (Å²) in [6.45, 7) is 4.96. The van der Waals surface area contributed by atoms with Crippen LogP contribution < -0.4 is 16.4 Å². The Morgan fingerprint density at radius 3 is 0.980 bits per heavy atom. The van der Waals surface area contributed by atoms with Gasteiger partial charge in [0, 0.05) is 39.6 Å². The maximum absolute atomic E-state index is 13.2. The highest BCUT2D eigenvalue weighted by Gasteiger charge is 2.35. The second-order valence-electron chi connectivity index (χ2n) is 12.7. The lowest BCUT2D eigenvalue weighted by molar-refractivity contribution is -0.0381. The molecule has 0 N–H and O–H groups in total. The van der Waals surface area contributed by atoms with E-state index < -0.39 is 44.7 Å². The van der Waals surface area contributed by atoms with E-state index in [4.69, 9.17) is 42.1 Å². The van der Waals surface area contributed by atoms with Crippen molar-refractivity contribution >= 4 is 55.7 Å². The lowest BCUT2D eigenvalue weighted by Crippen LogP contribution is -2.41. The number of carbonyl (C=O) groups excluding carboxylic acids is 3. The van der Waals surface area contributed by atoms with Crippen LogP contribution in [0.2, 0.25) is 0 Å². The Morgan fingerprint density at radius 1 is 0.490 bits per heavy atom. The van der Waals surface area contributed by atoms with Crippen molar-refractivity contribution in [2.75, 3.05) is 59.5 Å². The molecule has 0 bridgehead atoms. The van der Waals surface area contributed by atoms with E-state index in [9.17, 15) is 14.4 Å². The Bertz CT molecular complexity index is 1400. The number of hydrogen-bond donors (Lipinski definition) is 0. The molecular weight excluding hydrogens is 657 g/mol. The third-order valence-electron chi connectivity index (χ3n) is 9.02. The standard InChI is InChI=1S/C36H41B3O12/c1-2-36(24-43-33(40)27-6-12-30(13-7-27)37-46-18-3-19-47-37,25-44-34(41)28-8-14-31(15-9-28)38-48-20-4-21-49-38)26-45-35(42)29-10-16-32(17-11-29)39-50-22-5-23-51-39/h6-17H,2-5,18-26H2,1H3. The number of esters is 3. The lowest BCUT2D eigenvalue weighted by Gasteiger charge is -2.31. The van der Waals surface area contributed by atoms with Crippen LogP contribution in [0, 0.1) is 5.41 Å². The first-order valence-electron chi connectivity index (χ1n) is 17.4. The largest absolute Gasteiger partial charge is 0.493 e. The molecule has 3 aliphatic rings. The molecule has 0 aliphatic carbocycles. The number of hydrogen-bond acceptors (Lipinski definition) is 12. The maximum Gasteiger partial charge on any atom is 0.493 e. The van der Waals surface area contributed by atoms with Crippen LogP contribution in [-0.4, -0.2) is 98.7 Å². The minimum absolute atomic E-state index is 0.177. The summed E-state index contributed by atoms with van der Waals surface area (Å²) in [5, 5.41) is 0. The fourth-order valence-corrected chi connectivity index (χ4v) is 5.71. The van der Waals surface area contributed by atoms with E-state index in [1.54, 1.807) is 72.8 Å². The number of benzene rings is 3. The molecule has 3 aromatic rings. The maximum atomic E-state index is 13.2. The van der Waals surface area contributed by atoms with Crippen LogP contribution in [-0.2, 0) is 42.1 Å². The third-order valence-corrected chi connectivity index (χ3v) is 9.02. The third kappa shape index (κ3) is 9.88. The van der Waals surface area contributed by atoms with Crippen LogP contribution in [0.5, 0.6) is 0 Å². The second kappa shape index (κ2) is 18.0. The zero-order valence-corrected chi connectivity index (χ0v) is 28.8. The van der Waals surface area contributed by atoms with Gasteiger partial charge in [0.15, 0.2) is 0 Å². The van der Waals surface area contributed by atoms with Gasteiger partial charge in [-0.3, -0.25) is 0 Å². The zero-order valence-electron chi connectivity index (χ0n) is 28.8. The molecule has 0 atom stereocenters. The second-order valence-corrected chi connectivity index (χ2v) is 12.7. The number of carbonyl (C=O) groups is 3. The fourth-order valence-electron chi connectivity index (χ4n) is 5.71. The molecule has 15 heteroatoms. The van der Waals surface area contributed by atoms with Gasteiger partial charge < -0.3 is 42.1 Å². The van der Waals surface area contributed by atoms with Crippen molar-refractivity contribution < 1.29 is 56.5 Å². The molecule has 3 heterocycles. The smallest absolute Gasteiger partial charge is 0.461 e. The molecule has 3 aliphatic heterocycles. The van der Waals surface area contributed by atoms with Crippen LogP contribution in [0.4, 0.5) is 0 Å². The van der Waals surface area contributed by atoms with Crippen molar-refractivity contribution in [2.45, 2.75) is 32.6 Å². The van der Waals surface area contributed by atoms with E-state index in [1.165, 1.54) is 0 Å². The molecule has 0 unspecified atom stereocenters. The average molecular weight is 698 g/mol. The van der Waals surface area contributed by atoms with E-state index in [-0.39, 0.29) is 19.8 Å². The summed E-state index contributed by atoms with van der Waals surface area (Å²) >= 11 is 0. The van der Waals surface area contributed by atoms with Crippen molar-refractivity contribution in [1.82, 2.24) is 0 Å². The average Bonchev–Trinajstić information content (AvgIpc) is 3.21. The quantitative estimate of drug-likeness (QED) is 0.147. The normalized spacial score (nSPS) is 16.8. The summed E-state index contributed by atoms with van der Waals surface area (Å²) in [6.07, 6.45) is 2.86. The number of rotatable bonds is 13. The summed E-state index contributed by atoms with van der Waals surface area (Å²) in [4.78, 5) is 39.6. The minimum atomic E-state index is -1.04. The monoisotopic (exact) mass is 698 g/mol. The topological polar surface area (TPSA) is 134 Å². The first-order valence-corrected chi connectivity index (χ1v) is 17.4. The van der Waals surface area contributed by atoms with Crippen molar-refractivity contribution in [3.63, 3.8) is 0 Å². The molecule has 0 radical (unpaired) electrons. The van der Waals surface area contributed by atoms with Gasteiger partial charge in [-0.25, -0.2) is 14.4 Å². The van der Waals surface area contributed by atoms with E-state index in [2.05, 4.69) is 0 Å². The van der Waals surface area contributed by atoms with Gasteiger partial charge in [-0.15, -0.1) is 0 Å². The summed E-state index contributed by atoms with van der Waals surface area (Å²) < 4.78 is 51.2. The Hall–Kier alpha value is -3.98. The van der Waals surface area contributed by atoms with Gasteiger partial charge >= 0.3 is 39.3 Å². The summed E-state index contributed by atoms with van der Waals surface area (Å²) in [5.74, 6) is -1.73. The van der Waals surface area contributed by atoms with E-state index in [0.29, 0.717) is 62.8 Å². The molecule has 0 amide bonds. The summed E-state index contributed by atoms with van der Waals surface area (Å²) in [7, 11) is -1.43. The highest BCUT2D eigenvalue weighted by atomic mass is 16.6. The molecule has 6 rings (SSSR count). The van der Waals surface area contributed by atoms with Crippen LogP contribution in [0.3, 0.4) is 0 Å². The van der Waals surface area contributed by atoms with Gasteiger partial charge in [0.05, 0.1) is 22.1 Å². The SMILES string of the molecule is CCC(COC(=O)c1ccc(B2OCCCO2)cc1)(COC(=O)c1ccc(B2OCCCO2)cc1)COC(=O)c1ccc(B2OCCCO2)cc1. The molecule has 3 saturated heterocycles. The van der Waals surface area contributed by atoms with Crippen LogP contribution in [0.15, 0.2) is 72.8 Å². The summed E-state index contributed by atoms with van der Waals surface area (Å²) in [6, 6.07) is 20.4. The molecule has 0 saturated carbocycles. The summed E-state index contributed by atoms with van der Waals surface area (Å²) in [5.41, 5.74) is 2.32. The number of ether oxygens (including phenoxy) is 3. The minimum Gasteiger partial charge on any atom is -0.461 e. The van der Waals surface area contributed by atoms with Gasteiger partial charge in [-0.1, -0.05) is 43.3 Å². The van der Waals surface area contributed by atoms with Gasteiger partial charge in [-0.05, 0) is 78.5 Å². The van der Waals surface area contributed by atoms with Gasteiger partial charge in [0.1, 0.15) is 19.8 Å². The Morgan fingerprint density at radius 2 is 0.745 bits per heavy atom. The van der Waals surface area contributed by atoms with Crippen molar-refractivity contribution in [2.24, 2.45) is 5.41 Å². The van der Waals surface area contributed by atoms with Gasteiger partial charge in [0.2, 0.25) is 0 Å². The Kier molecular flexibility index (Phi) is 13.0. The van der Waals surface area contributed by atoms with Crippen LogP contribution in [0.1, 0.15) is 63.7 Å². The first kappa shape index (κ1) is 36.8. The van der Waals surface area contributed by atoms with E-state index >= 15 is 0 Å². The Labute approximate surface area is 298 Å². The molecule has 3 fully saturated rings. The first-order chi connectivity index (χ1) is 24.9. The van der Waals surface area contributed by atoms with Crippen molar-refractivity contribution in [3.05, 3.63) is 89.5 Å². The Balaban J connectivity index is 1.11.